The number of benzene rings is 3. The number of nitro benzene ring substituents is 2. The molecule has 3 rings (SSSR count). The van der Waals surface area contributed by atoms with E-state index in [4.69, 9.17) is 0 Å². The number of nitro groups is 2. The molecule has 0 saturated carbocycles. The van der Waals surface area contributed by atoms with Crippen LogP contribution >= 0.6 is 0 Å². The molecule has 2 N–H and O–H groups in total. The van der Waals surface area contributed by atoms with E-state index in [2.05, 4.69) is 15.2 Å². The average molecular weight is 498 g/mol. The summed E-state index contributed by atoms with van der Waals surface area (Å²) in [6.07, 6.45) is 0. The first-order valence-corrected chi connectivity index (χ1v) is 11.8. The lowest BCUT2D eigenvalue weighted by Crippen LogP contribution is -2.14. The van der Waals surface area contributed by atoms with Gasteiger partial charge in [-0.3, -0.25) is 30.4 Å². The molecule has 0 aliphatic rings. The van der Waals surface area contributed by atoms with Crippen molar-refractivity contribution >= 4 is 38.5 Å². The van der Waals surface area contributed by atoms with Crippen molar-refractivity contribution in [2.45, 2.75) is 32.6 Å². The Balaban J connectivity index is 1.90. The summed E-state index contributed by atoms with van der Waals surface area (Å²) in [5.74, 6) is 0. The second-order valence-corrected chi connectivity index (χ2v) is 9.61. The molecular weight excluding hydrogens is 474 g/mol. The SMILES string of the molecule is C/C(=N/Nc1ccc(S(=O)(=O)Nc2ccc(C)cc2C)cc1[N+](=O)[O-])c1ccc(C)c([N+](=O)[O-])c1. The van der Waals surface area contributed by atoms with E-state index in [1.165, 1.54) is 18.2 Å². The van der Waals surface area contributed by atoms with Crippen molar-refractivity contribution in [3.05, 3.63) is 97.1 Å². The predicted octanol–water partition coefficient (Wildman–Crippen LogP) is 5.07. The van der Waals surface area contributed by atoms with Crippen LogP contribution in [0.25, 0.3) is 0 Å². The third-order valence-corrected chi connectivity index (χ3v) is 6.63. The number of nitrogens with zero attached hydrogens (tertiary/aromatic N) is 3. The van der Waals surface area contributed by atoms with Crippen molar-refractivity contribution in [1.82, 2.24) is 0 Å². The molecule has 0 saturated heterocycles. The highest BCUT2D eigenvalue weighted by molar-refractivity contribution is 7.92. The molecule has 0 bridgehead atoms. The Hall–Kier alpha value is -4.32. The van der Waals surface area contributed by atoms with Gasteiger partial charge in [0.25, 0.3) is 21.4 Å². The summed E-state index contributed by atoms with van der Waals surface area (Å²) < 4.78 is 28.2. The molecule has 0 aliphatic heterocycles. The highest BCUT2D eigenvalue weighted by atomic mass is 32.2. The van der Waals surface area contributed by atoms with E-state index in [1.807, 2.05) is 13.0 Å². The van der Waals surface area contributed by atoms with Gasteiger partial charge >= 0.3 is 0 Å². The van der Waals surface area contributed by atoms with Gasteiger partial charge in [-0.1, -0.05) is 29.8 Å². The Kier molecular flexibility index (Phi) is 7.15. The third kappa shape index (κ3) is 5.79. The van der Waals surface area contributed by atoms with Gasteiger partial charge in [-0.15, -0.1) is 0 Å². The van der Waals surface area contributed by atoms with E-state index in [1.54, 1.807) is 45.0 Å². The molecule has 0 heterocycles. The van der Waals surface area contributed by atoms with Gasteiger partial charge in [-0.25, -0.2) is 8.42 Å². The fraction of sp³-hybridized carbons (Fsp3) is 0.174. The Morgan fingerprint density at radius 2 is 1.49 bits per heavy atom. The second kappa shape index (κ2) is 9.89. The minimum Gasteiger partial charge on any atom is -0.279 e. The molecule has 0 spiro atoms. The molecule has 0 amide bonds. The number of hydrogen-bond donors (Lipinski definition) is 2. The standard InChI is InChI=1S/C23H23N5O6S/c1-14-5-9-20(16(3)11-14)26-35(33,34)19-8-10-21(23(13-19)28(31)32)25-24-17(4)18-7-6-15(2)22(12-18)27(29)30/h5-13,25-26H,1-4H3/b24-17-. The van der Waals surface area contributed by atoms with E-state index >= 15 is 0 Å². The van der Waals surface area contributed by atoms with E-state index in [-0.39, 0.29) is 16.3 Å². The van der Waals surface area contributed by atoms with Gasteiger partial charge in [0.05, 0.1) is 26.1 Å². The van der Waals surface area contributed by atoms with Crippen LogP contribution in [-0.2, 0) is 10.0 Å². The number of sulfonamides is 1. The molecule has 0 atom stereocenters. The molecule has 0 unspecified atom stereocenters. The third-order valence-electron chi connectivity index (χ3n) is 5.27. The smallest absolute Gasteiger partial charge is 0.279 e. The van der Waals surface area contributed by atoms with Crippen LogP contribution in [0.3, 0.4) is 0 Å². The summed E-state index contributed by atoms with van der Waals surface area (Å²) in [5, 5.41) is 26.9. The lowest BCUT2D eigenvalue weighted by atomic mass is 10.1. The van der Waals surface area contributed by atoms with Gasteiger partial charge in [0.1, 0.15) is 5.69 Å². The summed E-state index contributed by atoms with van der Waals surface area (Å²) >= 11 is 0. The number of rotatable bonds is 8. The molecule has 0 fully saturated rings. The molecule has 3 aromatic rings. The number of hydrogen-bond acceptors (Lipinski definition) is 8. The van der Waals surface area contributed by atoms with E-state index in [9.17, 15) is 28.6 Å². The van der Waals surface area contributed by atoms with Crippen LogP contribution in [0.1, 0.15) is 29.2 Å². The normalized spacial score (nSPS) is 11.7. The van der Waals surface area contributed by atoms with Crippen molar-refractivity contribution < 1.29 is 18.3 Å². The molecule has 11 nitrogen and oxygen atoms in total. The zero-order chi connectivity index (χ0) is 25.9. The van der Waals surface area contributed by atoms with Crippen LogP contribution in [0.2, 0.25) is 0 Å². The van der Waals surface area contributed by atoms with Crippen LogP contribution in [0, 0.1) is 41.0 Å². The second-order valence-electron chi connectivity index (χ2n) is 7.93. The summed E-state index contributed by atoms with van der Waals surface area (Å²) in [6, 6.07) is 13.2. The zero-order valence-electron chi connectivity index (χ0n) is 19.4. The Morgan fingerprint density at radius 3 is 2.11 bits per heavy atom. The van der Waals surface area contributed by atoms with Crippen molar-refractivity contribution in [1.29, 1.82) is 0 Å². The molecule has 0 aromatic heterocycles. The van der Waals surface area contributed by atoms with Crippen molar-refractivity contribution in [2.75, 3.05) is 10.1 Å². The van der Waals surface area contributed by atoms with Crippen LogP contribution in [0.5, 0.6) is 0 Å². The first-order valence-electron chi connectivity index (χ1n) is 10.3. The fourth-order valence-electron chi connectivity index (χ4n) is 3.30. The lowest BCUT2D eigenvalue weighted by Gasteiger charge is -2.12. The Labute approximate surface area is 201 Å². The highest BCUT2D eigenvalue weighted by Gasteiger charge is 2.22. The van der Waals surface area contributed by atoms with E-state index in [0.29, 0.717) is 28.1 Å². The van der Waals surface area contributed by atoms with E-state index < -0.39 is 25.6 Å². The summed E-state index contributed by atoms with van der Waals surface area (Å²) in [4.78, 5) is 21.3. The first-order chi connectivity index (χ1) is 16.4. The molecule has 35 heavy (non-hydrogen) atoms. The van der Waals surface area contributed by atoms with Gasteiger partial charge < -0.3 is 0 Å². The van der Waals surface area contributed by atoms with Crippen LogP contribution in [0.4, 0.5) is 22.7 Å². The summed E-state index contributed by atoms with van der Waals surface area (Å²) in [7, 11) is -4.09. The minimum atomic E-state index is -4.09. The highest BCUT2D eigenvalue weighted by Crippen LogP contribution is 2.29. The largest absolute Gasteiger partial charge is 0.295 e. The molecule has 182 valence electrons. The monoisotopic (exact) mass is 497 g/mol. The Morgan fingerprint density at radius 1 is 0.829 bits per heavy atom. The quantitative estimate of drug-likeness (QED) is 0.250. The Bertz CT molecular complexity index is 1470. The van der Waals surface area contributed by atoms with Crippen molar-refractivity contribution in [3.63, 3.8) is 0 Å². The zero-order valence-corrected chi connectivity index (χ0v) is 20.2. The number of aryl methyl sites for hydroxylation is 3. The van der Waals surface area contributed by atoms with Gasteiger partial charge in [-0.2, -0.15) is 5.10 Å². The fourth-order valence-corrected chi connectivity index (χ4v) is 4.45. The molecule has 0 aliphatic carbocycles. The maximum Gasteiger partial charge on any atom is 0.295 e. The average Bonchev–Trinajstić information content (AvgIpc) is 2.79. The summed E-state index contributed by atoms with van der Waals surface area (Å²) in [6.45, 7) is 6.83. The lowest BCUT2D eigenvalue weighted by molar-refractivity contribution is -0.385. The van der Waals surface area contributed by atoms with Gasteiger partial charge in [0, 0.05) is 23.3 Å². The van der Waals surface area contributed by atoms with Crippen molar-refractivity contribution in [2.24, 2.45) is 5.10 Å². The van der Waals surface area contributed by atoms with E-state index in [0.717, 1.165) is 11.6 Å². The maximum absolute atomic E-state index is 12.9. The van der Waals surface area contributed by atoms with Gasteiger partial charge in [-0.05, 0) is 51.5 Å². The predicted molar refractivity (Wildman–Crippen MR) is 133 cm³/mol. The van der Waals surface area contributed by atoms with Crippen LogP contribution in [0.15, 0.2) is 64.6 Å². The van der Waals surface area contributed by atoms with Gasteiger partial charge in [0.2, 0.25) is 0 Å². The molecule has 3 aromatic carbocycles. The molecule has 12 heteroatoms. The maximum atomic E-state index is 12.9. The molecular formula is C23H23N5O6S. The molecule has 0 radical (unpaired) electrons. The minimum absolute atomic E-state index is 0.0403. The summed E-state index contributed by atoms with van der Waals surface area (Å²) in [5.41, 5.74) is 5.27. The van der Waals surface area contributed by atoms with Gasteiger partial charge in [0.15, 0.2) is 0 Å². The van der Waals surface area contributed by atoms with Crippen LogP contribution in [-0.4, -0.2) is 24.0 Å². The number of anilines is 2. The number of hydrazone groups is 1. The topological polar surface area (TPSA) is 157 Å². The van der Waals surface area contributed by atoms with Crippen molar-refractivity contribution in [3.8, 4) is 0 Å². The number of nitrogens with one attached hydrogen (secondary N) is 2. The first kappa shape index (κ1) is 25.3. The van der Waals surface area contributed by atoms with Crippen LogP contribution < -0.4 is 10.1 Å².